The molecule has 6 nitrogen and oxygen atoms in total. The number of ether oxygens (including phenoxy) is 1. The Kier molecular flexibility index (Phi) is 3.90. The first kappa shape index (κ1) is 13.6. The van der Waals surface area contributed by atoms with Crippen molar-refractivity contribution in [2.45, 2.75) is 32.7 Å². The van der Waals surface area contributed by atoms with Gasteiger partial charge in [-0.2, -0.15) is 0 Å². The molecule has 0 saturated carbocycles. The predicted octanol–water partition coefficient (Wildman–Crippen LogP) is 1.24. The Morgan fingerprint density at radius 3 is 2.47 bits per heavy atom. The Labute approximate surface area is 111 Å². The van der Waals surface area contributed by atoms with Crippen molar-refractivity contribution in [3.05, 3.63) is 22.5 Å². The molecule has 1 saturated heterocycles. The number of rotatable bonds is 3. The molecule has 6 heteroatoms. The highest BCUT2D eigenvalue weighted by atomic mass is 16.5. The van der Waals surface area contributed by atoms with Gasteiger partial charge < -0.3 is 20.1 Å². The molecule has 1 amide bonds. The lowest BCUT2D eigenvalue weighted by Crippen LogP contribution is -2.39. The Hall–Kier alpha value is -1.82. The van der Waals surface area contributed by atoms with Crippen LogP contribution < -0.4 is 5.32 Å². The van der Waals surface area contributed by atoms with Gasteiger partial charge in [-0.1, -0.05) is 0 Å². The molecular weight excluding hydrogens is 248 g/mol. The van der Waals surface area contributed by atoms with Crippen LogP contribution in [0, 0.1) is 13.8 Å². The normalized spacial score (nSPS) is 16.3. The van der Waals surface area contributed by atoms with E-state index in [1.54, 1.807) is 13.8 Å². The highest BCUT2D eigenvalue weighted by molar-refractivity contribution is 6.00. The molecule has 0 aromatic carbocycles. The van der Waals surface area contributed by atoms with E-state index in [1.807, 2.05) is 0 Å². The number of carbonyl (C=O) groups excluding carboxylic acids is 1. The van der Waals surface area contributed by atoms with Gasteiger partial charge in [0.15, 0.2) is 0 Å². The zero-order valence-corrected chi connectivity index (χ0v) is 11.1. The van der Waals surface area contributed by atoms with Crippen molar-refractivity contribution in [2.24, 2.45) is 0 Å². The van der Waals surface area contributed by atoms with Crippen LogP contribution in [-0.4, -0.2) is 41.2 Å². The lowest BCUT2D eigenvalue weighted by Gasteiger charge is -2.23. The average Bonchev–Trinajstić information content (AvgIpc) is 2.66. The largest absolute Gasteiger partial charge is 0.477 e. The number of carbonyl (C=O) groups is 2. The smallest absolute Gasteiger partial charge is 0.352 e. The topological polar surface area (TPSA) is 91.4 Å². The Bertz CT molecular complexity index is 501. The van der Waals surface area contributed by atoms with Crippen LogP contribution in [-0.2, 0) is 4.74 Å². The van der Waals surface area contributed by atoms with E-state index < -0.39 is 5.97 Å². The van der Waals surface area contributed by atoms with Gasteiger partial charge in [-0.05, 0) is 32.3 Å². The molecule has 1 fully saturated rings. The third-order valence-corrected chi connectivity index (χ3v) is 3.43. The van der Waals surface area contributed by atoms with Gasteiger partial charge in [-0.15, -0.1) is 0 Å². The van der Waals surface area contributed by atoms with Crippen molar-refractivity contribution in [1.82, 2.24) is 10.3 Å². The monoisotopic (exact) mass is 266 g/mol. The first-order valence-corrected chi connectivity index (χ1v) is 6.31. The molecule has 2 rings (SSSR count). The Morgan fingerprint density at radius 1 is 1.32 bits per heavy atom. The number of aromatic amines is 1. The van der Waals surface area contributed by atoms with Crippen molar-refractivity contribution in [3.63, 3.8) is 0 Å². The van der Waals surface area contributed by atoms with Crippen LogP contribution in [0.2, 0.25) is 0 Å². The number of aryl methyl sites for hydroxylation is 1. The molecule has 0 bridgehead atoms. The van der Waals surface area contributed by atoms with E-state index >= 15 is 0 Å². The van der Waals surface area contributed by atoms with Gasteiger partial charge in [0.05, 0.1) is 5.56 Å². The number of aromatic nitrogens is 1. The van der Waals surface area contributed by atoms with E-state index in [4.69, 9.17) is 9.84 Å². The van der Waals surface area contributed by atoms with E-state index in [2.05, 4.69) is 10.3 Å². The first-order valence-electron chi connectivity index (χ1n) is 6.31. The second-order valence-corrected chi connectivity index (χ2v) is 4.79. The minimum atomic E-state index is -1.05. The molecule has 19 heavy (non-hydrogen) atoms. The van der Waals surface area contributed by atoms with Crippen LogP contribution in [0.4, 0.5) is 0 Å². The molecule has 0 aliphatic carbocycles. The minimum Gasteiger partial charge on any atom is -0.477 e. The number of H-pyrrole nitrogens is 1. The maximum Gasteiger partial charge on any atom is 0.352 e. The molecule has 0 radical (unpaired) electrons. The fourth-order valence-corrected chi connectivity index (χ4v) is 2.40. The number of hydrogen-bond donors (Lipinski definition) is 3. The molecule has 1 aliphatic rings. The summed E-state index contributed by atoms with van der Waals surface area (Å²) in [5, 5.41) is 12.0. The zero-order chi connectivity index (χ0) is 14.0. The predicted molar refractivity (Wildman–Crippen MR) is 68.5 cm³/mol. The third kappa shape index (κ3) is 2.78. The van der Waals surface area contributed by atoms with Crippen molar-refractivity contribution < 1.29 is 19.4 Å². The molecule has 1 aliphatic heterocycles. The van der Waals surface area contributed by atoms with E-state index in [1.165, 1.54) is 0 Å². The Morgan fingerprint density at radius 2 is 1.95 bits per heavy atom. The second-order valence-electron chi connectivity index (χ2n) is 4.79. The number of carboxylic acids is 1. The van der Waals surface area contributed by atoms with Crippen molar-refractivity contribution in [2.75, 3.05) is 13.2 Å². The summed E-state index contributed by atoms with van der Waals surface area (Å²) in [6.45, 7) is 4.65. The van der Waals surface area contributed by atoms with E-state index in [0.29, 0.717) is 30.0 Å². The van der Waals surface area contributed by atoms with Crippen LogP contribution in [0.15, 0.2) is 0 Å². The standard InChI is InChI=1S/C13H18N2O4/c1-7-10(8(2)14-11(7)13(17)18)12(16)15-9-3-5-19-6-4-9/h9,14H,3-6H2,1-2H3,(H,15,16)(H,17,18). The number of carboxylic acid groups (broad SMARTS) is 1. The van der Waals surface area contributed by atoms with Gasteiger partial charge in [0, 0.05) is 24.9 Å². The fourth-order valence-electron chi connectivity index (χ4n) is 2.40. The lowest BCUT2D eigenvalue weighted by molar-refractivity contribution is 0.0687. The number of amides is 1. The van der Waals surface area contributed by atoms with Gasteiger partial charge in [0.1, 0.15) is 5.69 Å². The molecule has 3 N–H and O–H groups in total. The molecule has 104 valence electrons. The van der Waals surface area contributed by atoms with Crippen LogP contribution in [0.3, 0.4) is 0 Å². The van der Waals surface area contributed by atoms with Gasteiger partial charge in [-0.3, -0.25) is 4.79 Å². The number of nitrogens with one attached hydrogen (secondary N) is 2. The zero-order valence-electron chi connectivity index (χ0n) is 11.1. The number of hydrogen-bond acceptors (Lipinski definition) is 3. The third-order valence-electron chi connectivity index (χ3n) is 3.43. The lowest BCUT2D eigenvalue weighted by atomic mass is 10.1. The maximum atomic E-state index is 12.2. The molecule has 2 heterocycles. The van der Waals surface area contributed by atoms with Crippen LogP contribution in [0.5, 0.6) is 0 Å². The second kappa shape index (κ2) is 5.44. The Balaban J connectivity index is 2.16. The van der Waals surface area contributed by atoms with Crippen LogP contribution in [0.1, 0.15) is 44.9 Å². The number of aromatic carboxylic acids is 1. The van der Waals surface area contributed by atoms with E-state index in [-0.39, 0.29) is 17.6 Å². The summed E-state index contributed by atoms with van der Waals surface area (Å²) in [6, 6.07) is 0.100. The summed E-state index contributed by atoms with van der Waals surface area (Å²) >= 11 is 0. The summed E-state index contributed by atoms with van der Waals surface area (Å²) in [5.74, 6) is -1.27. The van der Waals surface area contributed by atoms with E-state index in [9.17, 15) is 9.59 Å². The minimum absolute atomic E-state index is 0.0784. The SMILES string of the molecule is Cc1[nH]c(C(=O)O)c(C)c1C(=O)NC1CCOCC1. The average molecular weight is 266 g/mol. The molecular formula is C13H18N2O4. The highest BCUT2D eigenvalue weighted by Gasteiger charge is 2.24. The van der Waals surface area contributed by atoms with Crippen molar-refractivity contribution in [1.29, 1.82) is 0 Å². The van der Waals surface area contributed by atoms with Crippen LogP contribution >= 0.6 is 0 Å². The molecule has 1 aromatic heterocycles. The summed E-state index contributed by atoms with van der Waals surface area (Å²) in [4.78, 5) is 26.0. The van der Waals surface area contributed by atoms with Crippen molar-refractivity contribution in [3.8, 4) is 0 Å². The van der Waals surface area contributed by atoms with Crippen molar-refractivity contribution >= 4 is 11.9 Å². The molecule has 0 spiro atoms. The highest BCUT2D eigenvalue weighted by Crippen LogP contribution is 2.18. The van der Waals surface area contributed by atoms with Gasteiger partial charge >= 0.3 is 5.97 Å². The maximum absolute atomic E-state index is 12.2. The van der Waals surface area contributed by atoms with Gasteiger partial charge in [0.25, 0.3) is 5.91 Å². The van der Waals surface area contributed by atoms with Gasteiger partial charge in [0.2, 0.25) is 0 Å². The quantitative estimate of drug-likeness (QED) is 0.767. The first-order chi connectivity index (χ1) is 9.00. The van der Waals surface area contributed by atoms with Gasteiger partial charge in [-0.25, -0.2) is 4.79 Å². The summed E-state index contributed by atoms with van der Waals surface area (Å²) in [5.41, 5.74) is 1.58. The summed E-state index contributed by atoms with van der Waals surface area (Å²) in [7, 11) is 0. The molecule has 1 aromatic rings. The summed E-state index contributed by atoms with van der Waals surface area (Å²) < 4.78 is 5.23. The van der Waals surface area contributed by atoms with E-state index in [0.717, 1.165) is 12.8 Å². The fraction of sp³-hybridized carbons (Fsp3) is 0.538. The molecule has 0 atom stereocenters. The van der Waals surface area contributed by atoms with Crippen LogP contribution in [0.25, 0.3) is 0 Å². The molecule has 0 unspecified atom stereocenters. The summed E-state index contributed by atoms with van der Waals surface area (Å²) in [6.07, 6.45) is 1.58.